The van der Waals surface area contributed by atoms with Crippen molar-refractivity contribution in [1.29, 1.82) is 0 Å². The summed E-state index contributed by atoms with van der Waals surface area (Å²) < 4.78 is 38.5. The normalized spacial score (nSPS) is 18.8. The molecule has 1 fully saturated rings. The molecule has 142 valence electrons. The first-order valence-corrected chi connectivity index (χ1v) is 8.74. The van der Waals surface area contributed by atoms with Crippen LogP contribution in [0.4, 0.5) is 13.2 Å². The van der Waals surface area contributed by atoms with Crippen LogP contribution in [0.3, 0.4) is 0 Å². The largest absolute Gasteiger partial charge is 0.416 e. The van der Waals surface area contributed by atoms with E-state index < -0.39 is 11.7 Å². The SMILES string of the molecule is CN1CCN(C(=O)/C=C/c2cccc(C(F)(F)F)c2)C(c2ccccc2)C1. The van der Waals surface area contributed by atoms with E-state index in [2.05, 4.69) is 4.90 Å². The minimum absolute atomic E-state index is 0.0800. The van der Waals surface area contributed by atoms with Gasteiger partial charge in [-0.15, -0.1) is 0 Å². The van der Waals surface area contributed by atoms with E-state index in [-0.39, 0.29) is 11.9 Å². The van der Waals surface area contributed by atoms with Crippen molar-refractivity contribution in [3.63, 3.8) is 0 Å². The molecule has 1 unspecified atom stereocenters. The van der Waals surface area contributed by atoms with Crippen LogP contribution in [0.2, 0.25) is 0 Å². The molecule has 1 amide bonds. The van der Waals surface area contributed by atoms with E-state index in [0.717, 1.165) is 24.2 Å². The second kappa shape index (κ2) is 7.96. The molecule has 1 aliphatic heterocycles. The van der Waals surface area contributed by atoms with Crippen LogP contribution in [0.5, 0.6) is 0 Å². The van der Waals surface area contributed by atoms with Crippen molar-refractivity contribution in [2.45, 2.75) is 12.2 Å². The Morgan fingerprint density at radius 3 is 2.52 bits per heavy atom. The summed E-state index contributed by atoms with van der Waals surface area (Å²) in [6.45, 7) is 2.04. The van der Waals surface area contributed by atoms with E-state index in [9.17, 15) is 18.0 Å². The molecular weight excluding hydrogens is 353 g/mol. The Hall–Kier alpha value is -2.60. The number of nitrogens with zero attached hydrogens (tertiary/aromatic N) is 2. The number of benzene rings is 2. The number of rotatable bonds is 3. The smallest absolute Gasteiger partial charge is 0.330 e. The van der Waals surface area contributed by atoms with Gasteiger partial charge < -0.3 is 9.80 Å². The predicted molar refractivity (Wildman–Crippen MR) is 98.9 cm³/mol. The molecular formula is C21H21F3N2O. The lowest BCUT2D eigenvalue weighted by molar-refractivity contribution is -0.137. The van der Waals surface area contributed by atoms with Crippen LogP contribution >= 0.6 is 0 Å². The highest BCUT2D eigenvalue weighted by Gasteiger charge is 2.31. The maximum atomic E-state index is 12.8. The van der Waals surface area contributed by atoms with Gasteiger partial charge >= 0.3 is 6.18 Å². The Labute approximate surface area is 156 Å². The third kappa shape index (κ3) is 4.77. The molecule has 1 aliphatic rings. The van der Waals surface area contributed by atoms with E-state index in [1.807, 2.05) is 37.4 Å². The van der Waals surface area contributed by atoms with Crippen LogP contribution in [-0.4, -0.2) is 42.4 Å². The van der Waals surface area contributed by atoms with Gasteiger partial charge in [-0.05, 0) is 36.4 Å². The molecule has 6 heteroatoms. The van der Waals surface area contributed by atoms with E-state index in [1.165, 1.54) is 18.2 Å². The molecule has 1 saturated heterocycles. The Bertz CT molecular complexity index is 818. The molecule has 0 bridgehead atoms. The van der Waals surface area contributed by atoms with Crippen LogP contribution in [0.25, 0.3) is 6.08 Å². The van der Waals surface area contributed by atoms with Gasteiger partial charge in [0.25, 0.3) is 0 Å². The summed E-state index contributed by atoms with van der Waals surface area (Å²) in [5.41, 5.74) is 0.673. The highest BCUT2D eigenvalue weighted by molar-refractivity contribution is 5.92. The van der Waals surface area contributed by atoms with Crippen LogP contribution in [0, 0.1) is 0 Å². The van der Waals surface area contributed by atoms with Crippen molar-refractivity contribution < 1.29 is 18.0 Å². The summed E-state index contributed by atoms with van der Waals surface area (Å²) in [6.07, 6.45) is -1.60. The van der Waals surface area contributed by atoms with Gasteiger partial charge in [0.05, 0.1) is 11.6 Å². The topological polar surface area (TPSA) is 23.6 Å². The summed E-state index contributed by atoms with van der Waals surface area (Å²) in [5, 5.41) is 0. The number of hydrogen-bond acceptors (Lipinski definition) is 2. The van der Waals surface area contributed by atoms with Crippen molar-refractivity contribution in [2.24, 2.45) is 0 Å². The Morgan fingerprint density at radius 2 is 1.81 bits per heavy atom. The van der Waals surface area contributed by atoms with Crippen molar-refractivity contribution in [2.75, 3.05) is 26.7 Å². The van der Waals surface area contributed by atoms with Gasteiger partial charge in [0.1, 0.15) is 0 Å². The summed E-state index contributed by atoms with van der Waals surface area (Å²) in [4.78, 5) is 16.7. The highest BCUT2D eigenvalue weighted by Crippen LogP contribution is 2.30. The molecule has 0 aliphatic carbocycles. The molecule has 0 N–H and O–H groups in total. The Morgan fingerprint density at radius 1 is 1.07 bits per heavy atom. The molecule has 0 saturated carbocycles. The zero-order valence-electron chi connectivity index (χ0n) is 15.0. The van der Waals surface area contributed by atoms with Crippen LogP contribution in [0.15, 0.2) is 60.7 Å². The number of carbonyl (C=O) groups is 1. The maximum Gasteiger partial charge on any atom is 0.416 e. The second-order valence-corrected chi connectivity index (χ2v) is 6.68. The third-order valence-corrected chi connectivity index (χ3v) is 4.68. The number of amides is 1. The van der Waals surface area contributed by atoms with Gasteiger partial charge in [-0.25, -0.2) is 0 Å². The molecule has 3 nitrogen and oxygen atoms in total. The lowest BCUT2D eigenvalue weighted by Gasteiger charge is -2.40. The number of carbonyl (C=O) groups excluding carboxylic acids is 1. The van der Waals surface area contributed by atoms with Crippen LogP contribution < -0.4 is 0 Å². The van der Waals surface area contributed by atoms with Gasteiger partial charge in [0.2, 0.25) is 5.91 Å². The number of likely N-dealkylation sites (N-methyl/N-ethyl adjacent to an activating group) is 1. The summed E-state index contributed by atoms with van der Waals surface area (Å²) in [6, 6.07) is 14.7. The fourth-order valence-corrected chi connectivity index (χ4v) is 3.23. The maximum absolute atomic E-state index is 12.8. The number of hydrogen-bond donors (Lipinski definition) is 0. The van der Waals surface area contributed by atoms with Gasteiger partial charge in [0.15, 0.2) is 0 Å². The van der Waals surface area contributed by atoms with E-state index >= 15 is 0 Å². The predicted octanol–water partition coefficient (Wildman–Crippen LogP) is 4.23. The Kier molecular flexibility index (Phi) is 5.65. The van der Waals surface area contributed by atoms with Crippen molar-refractivity contribution >= 4 is 12.0 Å². The lowest BCUT2D eigenvalue weighted by atomic mass is 10.0. The number of alkyl halides is 3. The average Bonchev–Trinajstić information content (AvgIpc) is 2.66. The Balaban J connectivity index is 1.79. The van der Waals surface area contributed by atoms with Crippen LogP contribution in [0.1, 0.15) is 22.7 Å². The standard InChI is InChI=1S/C21H21F3N2O/c1-25-12-13-26(19(15-25)17-7-3-2-4-8-17)20(27)11-10-16-6-5-9-18(14-16)21(22,23)24/h2-11,14,19H,12-13,15H2,1H3/b11-10+. The molecule has 2 aromatic rings. The first-order chi connectivity index (χ1) is 12.8. The lowest BCUT2D eigenvalue weighted by Crippen LogP contribution is -2.48. The first-order valence-electron chi connectivity index (χ1n) is 8.74. The molecule has 2 aromatic carbocycles. The monoisotopic (exact) mass is 374 g/mol. The van der Waals surface area contributed by atoms with Crippen molar-refractivity contribution in [3.8, 4) is 0 Å². The average molecular weight is 374 g/mol. The van der Waals surface area contributed by atoms with Gasteiger partial charge in [0, 0.05) is 25.7 Å². The zero-order valence-corrected chi connectivity index (χ0v) is 15.0. The molecule has 27 heavy (non-hydrogen) atoms. The van der Waals surface area contributed by atoms with Gasteiger partial charge in [-0.2, -0.15) is 13.2 Å². The number of halogens is 3. The second-order valence-electron chi connectivity index (χ2n) is 6.68. The van der Waals surface area contributed by atoms with E-state index in [4.69, 9.17) is 0 Å². The third-order valence-electron chi connectivity index (χ3n) is 4.68. The van der Waals surface area contributed by atoms with Crippen molar-refractivity contribution in [1.82, 2.24) is 9.80 Å². The van der Waals surface area contributed by atoms with Gasteiger partial charge in [-0.1, -0.05) is 42.5 Å². The molecule has 0 spiro atoms. The fraction of sp³-hybridized carbons (Fsp3) is 0.286. The fourth-order valence-electron chi connectivity index (χ4n) is 3.23. The molecule has 0 radical (unpaired) electrons. The minimum atomic E-state index is -4.40. The summed E-state index contributed by atoms with van der Waals surface area (Å²) in [7, 11) is 2.01. The van der Waals surface area contributed by atoms with Crippen LogP contribution in [-0.2, 0) is 11.0 Å². The molecule has 3 rings (SSSR count). The number of piperazine rings is 1. The quantitative estimate of drug-likeness (QED) is 0.751. The van der Waals surface area contributed by atoms with E-state index in [1.54, 1.807) is 11.0 Å². The van der Waals surface area contributed by atoms with Gasteiger partial charge in [-0.3, -0.25) is 4.79 Å². The van der Waals surface area contributed by atoms with E-state index in [0.29, 0.717) is 18.7 Å². The summed E-state index contributed by atoms with van der Waals surface area (Å²) >= 11 is 0. The summed E-state index contributed by atoms with van der Waals surface area (Å²) in [5.74, 6) is -0.200. The molecule has 1 atom stereocenters. The highest BCUT2D eigenvalue weighted by atomic mass is 19.4. The first kappa shape index (κ1) is 19.2. The zero-order chi connectivity index (χ0) is 19.4. The minimum Gasteiger partial charge on any atom is -0.330 e. The van der Waals surface area contributed by atoms with Crippen molar-refractivity contribution in [3.05, 3.63) is 77.4 Å². The molecule has 1 heterocycles. The molecule has 0 aromatic heterocycles.